The Morgan fingerprint density at radius 3 is 2.35 bits per heavy atom. The van der Waals surface area contributed by atoms with Crippen LogP contribution >= 0.6 is 0 Å². The molecule has 14 nitrogen and oxygen atoms in total. The van der Waals surface area contributed by atoms with Gasteiger partial charge in [0.25, 0.3) is 5.91 Å². The van der Waals surface area contributed by atoms with Crippen molar-refractivity contribution in [1.29, 1.82) is 0 Å². The highest BCUT2D eigenvalue weighted by Gasteiger charge is 2.51. The number of aliphatic hydroxyl groups excluding tert-OH is 1. The largest absolute Gasteiger partial charge is 0.444 e. The topological polar surface area (TPSA) is 197 Å². The van der Waals surface area contributed by atoms with Crippen molar-refractivity contribution in [3.63, 3.8) is 0 Å². The Balaban J connectivity index is 1.38. The number of carbonyl (C=O) groups is 6. The summed E-state index contributed by atoms with van der Waals surface area (Å²) in [6.45, 7) is 7.26. The number of likely N-dealkylation sites (tertiary alicyclic amines) is 1. The molecule has 14 heteroatoms. The monoisotopic (exact) mass is 752 g/mol. The average Bonchev–Trinajstić information content (AvgIpc) is 3.71. The molecule has 1 aliphatic heterocycles. The number of hydrogen-bond acceptors (Lipinski definition) is 10. The standard InChI is InChI=1S/C40H60N6O8/c1-5-10-25(35(49)37(51)44-28-15-16-28)19-32(48)34-29-14-9-13-26(29)23-46(34)38(52)27(21-43-39(53)54-40(2,3)4)20-31(47)33(24-11-7-6-8-12-24)45-36(50)30-22-41-17-18-42-30/h17-18,22,24-29,33-35,49H,5-16,19-21,23H2,1-4H3,(H,43,53)(H,44,51)(H,45,50)/t25-,26+,27+,29+,33+,34+,35?/m1/s1. The number of alkyl carbamates (subject to hydrolysis) is 1. The number of carbonyl (C=O) groups excluding carboxylic acids is 6. The molecule has 4 N–H and O–H groups in total. The summed E-state index contributed by atoms with van der Waals surface area (Å²) in [6, 6.07) is -1.59. The smallest absolute Gasteiger partial charge is 0.407 e. The second-order valence-electron chi connectivity index (χ2n) is 16.9. The van der Waals surface area contributed by atoms with E-state index in [1.807, 2.05) is 6.92 Å². The summed E-state index contributed by atoms with van der Waals surface area (Å²) in [7, 11) is 0. The van der Waals surface area contributed by atoms with E-state index in [-0.39, 0.29) is 60.4 Å². The highest BCUT2D eigenvalue weighted by molar-refractivity contribution is 5.98. The molecule has 3 aliphatic carbocycles. The normalized spacial score (nSPS) is 23.7. The first-order valence-corrected chi connectivity index (χ1v) is 20.1. The molecule has 0 spiro atoms. The number of nitrogens with zero attached hydrogens (tertiary/aromatic N) is 3. The Labute approximate surface area is 318 Å². The number of amides is 4. The van der Waals surface area contributed by atoms with Crippen LogP contribution in [-0.2, 0) is 23.9 Å². The lowest BCUT2D eigenvalue weighted by atomic mass is 9.80. The first kappa shape index (κ1) is 41.2. The number of aromatic nitrogens is 2. The lowest BCUT2D eigenvalue weighted by molar-refractivity contribution is -0.144. The zero-order valence-electron chi connectivity index (χ0n) is 32.4. The molecule has 4 amide bonds. The summed E-state index contributed by atoms with van der Waals surface area (Å²) in [4.78, 5) is 92.1. The highest BCUT2D eigenvalue weighted by atomic mass is 16.6. The minimum atomic E-state index is -1.34. The van der Waals surface area contributed by atoms with Gasteiger partial charge in [-0.2, -0.15) is 0 Å². The van der Waals surface area contributed by atoms with E-state index in [4.69, 9.17) is 4.74 Å². The molecule has 1 aromatic heterocycles. The van der Waals surface area contributed by atoms with Gasteiger partial charge in [0, 0.05) is 50.3 Å². The zero-order chi connectivity index (χ0) is 39.0. The molecule has 1 saturated heterocycles. The van der Waals surface area contributed by atoms with Gasteiger partial charge in [-0.3, -0.25) is 29.0 Å². The Bertz CT molecular complexity index is 1490. The van der Waals surface area contributed by atoms with Gasteiger partial charge < -0.3 is 30.7 Å². The summed E-state index contributed by atoms with van der Waals surface area (Å²) in [5.74, 6) is -3.70. The molecule has 1 aromatic rings. The number of rotatable bonds is 17. The van der Waals surface area contributed by atoms with E-state index in [2.05, 4.69) is 25.9 Å². The van der Waals surface area contributed by atoms with Crippen LogP contribution in [0.4, 0.5) is 4.79 Å². The predicted octanol–water partition coefficient (Wildman–Crippen LogP) is 3.90. The van der Waals surface area contributed by atoms with E-state index in [1.165, 1.54) is 18.6 Å². The summed E-state index contributed by atoms with van der Waals surface area (Å²) in [5.41, 5.74) is -0.721. The predicted molar refractivity (Wildman–Crippen MR) is 199 cm³/mol. The SMILES string of the molecule is CCC[C@H](CC(=O)[C@@H]1[C@H]2CCC[C@H]2CN1C(=O)[C@H](CNC(=O)OC(C)(C)C)CC(=O)[C@@H](NC(=O)c1cnccn1)C1CCCCC1)C(O)C(=O)NC1CC1. The molecule has 0 radical (unpaired) electrons. The van der Waals surface area contributed by atoms with Gasteiger partial charge >= 0.3 is 6.09 Å². The summed E-state index contributed by atoms with van der Waals surface area (Å²) < 4.78 is 5.46. The van der Waals surface area contributed by atoms with Crippen molar-refractivity contribution in [2.75, 3.05) is 13.1 Å². The van der Waals surface area contributed by atoms with Crippen molar-refractivity contribution < 1.29 is 38.6 Å². The maximum Gasteiger partial charge on any atom is 0.407 e. The highest BCUT2D eigenvalue weighted by Crippen LogP contribution is 2.44. The number of ketones is 2. The summed E-state index contributed by atoms with van der Waals surface area (Å²) >= 11 is 0. The first-order valence-electron chi connectivity index (χ1n) is 20.1. The maximum absolute atomic E-state index is 14.8. The maximum atomic E-state index is 14.8. The van der Waals surface area contributed by atoms with E-state index in [1.54, 1.807) is 25.7 Å². The average molecular weight is 753 g/mol. The van der Waals surface area contributed by atoms with Crippen LogP contribution in [0.5, 0.6) is 0 Å². The van der Waals surface area contributed by atoms with Crippen molar-refractivity contribution in [1.82, 2.24) is 30.8 Å². The zero-order valence-corrected chi connectivity index (χ0v) is 32.4. The Hall–Kier alpha value is -3.94. The molecule has 1 unspecified atom stereocenters. The van der Waals surface area contributed by atoms with Gasteiger partial charge in [0.05, 0.1) is 24.2 Å². The third-order valence-electron chi connectivity index (χ3n) is 11.5. The van der Waals surface area contributed by atoms with Gasteiger partial charge in [-0.05, 0) is 83.5 Å². The third-order valence-corrected chi connectivity index (χ3v) is 11.5. The van der Waals surface area contributed by atoms with Gasteiger partial charge in [0.15, 0.2) is 11.6 Å². The fourth-order valence-electron chi connectivity index (χ4n) is 8.73. The Morgan fingerprint density at radius 1 is 0.963 bits per heavy atom. The van der Waals surface area contributed by atoms with Gasteiger partial charge in [0.1, 0.15) is 17.4 Å². The minimum absolute atomic E-state index is 0.0529. The number of ether oxygens (including phenoxy) is 1. The van der Waals surface area contributed by atoms with E-state index < -0.39 is 59.4 Å². The van der Waals surface area contributed by atoms with Crippen LogP contribution in [0.1, 0.15) is 128 Å². The fraction of sp³-hybridized carbons (Fsp3) is 0.750. The summed E-state index contributed by atoms with van der Waals surface area (Å²) in [6.07, 6.45) is 11.6. The van der Waals surface area contributed by atoms with Crippen molar-refractivity contribution in [2.24, 2.45) is 29.6 Å². The van der Waals surface area contributed by atoms with Crippen molar-refractivity contribution in [3.05, 3.63) is 24.3 Å². The van der Waals surface area contributed by atoms with Crippen LogP contribution in [0.25, 0.3) is 0 Å². The van der Waals surface area contributed by atoms with Crippen LogP contribution < -0.4 is 16.0 Å². The molecular weight excluding hydrogens is 692 g/mol. The molecule has 0 bridgehead atoms. The molecule has 0 aromatic carbocycles. The van der Waals surface area contributed by atoms with E-state index in [9.17, 15) is 33.9 Å². The van der Waals surface area contributed by atoms with Gasteiger partial charge in [-0.1, -0.05) is 39.0 Å². The quantitative estimate of drug-likeness (QED) is 0.181. The Morgan fingerprint density at radius 2 is 1.70 bits per heavy atom. The molecule has 54 heavy (non-hydrogen) atoms. The van der Waals surface area contributed by atoms with Crippen LogP contribution in [0.2, 0.25) is 0 Å². The third kappa shape index (κ3) is 11.1. The van der Waals surface area contributed by atoms with Crippen LogP contribution in [-0.4, -0.2) is 98.3 Å². The molecule has 298 valence electrons. The molecule has 5 rings (SSSR count). The molecule has 4 fully saturated rings. The van der Waals surface area contributed by atoms with Gasteiger partial charge in [0.2, 0.25) is 11.8 Å². The van der Waals surface area contributed by atoms with Crippen LogP contribution in [0.3, 0.4) is 0 Å². The number of nitrogens with one attached hydrogen (secondary N) is 3. The fourth-order valence-corrected chi connectivity index (χ4v) is 8.73. The minimum Gasteiger partial charge on any atom is -0.444 e. The molecular formula is C40H60N6O8. The van der Waals surface area contributed by atoms with Gasteiger partial charge in [-0.25, -0.2) is 9.78 Å². The molecule has 7 atom stereocenters. The lowest BCUT2D eigenvalue weighted by Crippen LogP contribution is -2.52. The summed E-state index contributed by atoms with van der Waals surface area (Å²) in [5, 5.41) is 19.5. The van der Waals surface area contributed by atoms with E-state index >= 15 is 0 Å². The number of aliphatic hydroxyl groups is 1. The van der Waals surface area contributed by atoms with Crippen molar-refractivity contribution >= 4 is 35.4 Å². The molecule has 4 aliphatic rings. The molecule has 2 heterocycles. The van der Waals surface area contributed by atoms with E-state index in [0.717, 1.165) is 64.2 Å². The number of Topliss-reactive ketones (excluding diaryl/α,β-unsaturated/α-hetero) is 2. The van der Waals surface area contributed by atoms with Crippen LogP contribution in [0.15, 0.2) is 18.6 Å². The second kappa shape index (κ2) is 18.6. The second-order valence-corrected chi connectivity index (χ2v) is 16.9. The Kier molecular flexibility index (Phi) is 14.2. The van der Waals surface area contributed by atoms with Crippen LogP contribution in [0, 0.1) is 29.6 Å². The lowest BCUT2D eigenvalue weighted by Gasteiger charge is -2.33. The van der Waals surface area contributed by atoms with Crippen molar-refractivity contribution in [3.8, 4) is 0 Å². The number of fused-ring (bicyclic) bond motifs is 1. The first-order chi connectivity index (χ1) is 25.8. The molecule has 3 saturated carbocycles. The van der Waals surface area contributed by atoms with E-state index in [0.29, 0.717) is 19.4 Å². The van der Waals surface area contributed by atoms with Gasteiger partial charge in [-0.15, -0.1) is 0 Å². The number of hydrogen-bond donors (Lipinski definition) is 4. The van der Waals surface area contributed by atoms with Crippen molar-refractivity contribution in [2.45, 2.75) is 147 Å².